The highest BCUT2D eigenvalue weighted by Gasteiger charge is 2.23. The third-order valence-electron chi connectivity index (χ3n) is 5.15. The van der Waals surface area contributed by atoms with E-state index in [1.54, 1.807) is 12.3 Å². The van der Waals surface area contributed by atoms with E-state index in [1.807, 2.05) is 12.1 Å². The molecule has 0 atom stereocenters. The van der Waals surface area contributed by atoms with Crippen LogP contribution in [-0.2, 0) is 17.6 Å². The molecule has 0 unspecified atom stereocenters. The van der Waals surface area contributed by atoms with Crippen LogP contribution in [-0.4, -0.2) is 58.5 Å². The van der Waals surface area contributed by atoms with Gasteiger partial charge in [0.25, 0.3) is 5.56 Å². The standard InChI is InChI=1S/C19H24N6O2/c26-17(22-16-7-3-4-8-20-16)13-24-9-11-25(12-10-24)19-21-15-6-2-1-5-14(15)18(27)23-19/h3-4,7-8H,1-2,5-6,9-13H2,(H,20,22,26)(H,21,23,27). The number of aromatic amines is 1. The summed E-state index contributed by atoms with van der Waals surface area (Å²) in [5.41, 5.74) is 1.82. The van der Waals surface area contributed by atoms with Gasteiger partial charge in [0, 0.05) is 37.9 Å². The first-order valence-electron chi connectivity index (χ1n) is 9.49. The Morgan fingerprint density at radius 1 is 1.15 bits per heavy atom. The van der Waals surface area contributed by atoms with E-state index in [-0.39, 0.29) is 11.5 Å². The number of rotatable bonds is 4. The van der Waals surface area contributed by atoms with Gasteiger partial charge in [-0.05, 0) is 37.8 Å². The molecule has 0 aromatic carbocycles. The summed E-state index contributed by atoms with van der Waals surface area (Å²) >= 11 is 0. The Morgan fingerprint density at radius 2 is 1.96 bits per heavy atom. The number of carbonyl (C=O) groups excluding carboxylic acids is 1. The lowest BCUT2D eigenvalue weighted by atomic mass is 9.97. The third-order valence-corrected chi connectivity index (χ3v) is 5.15. The van der Waals surface area contributed by atoms with Gasteiger partial charge in [0.1, 0.15) is 5.82 Å². The number of nitrogens with zero attached hydrogens (tertiary/aromatic N) is 4. The first-order chi connectivity index (χ1) is 13.2. The summed E-state index contributed by atoms with van der Waals surface area (Å²) in [6.07, 6.45) is 5.54. The summed E-state index contributed by atoms with van der Waals surface area (Å²) in [5.74, 6) is 1.16. The summed E-state index contributed by atoms with van der Waals surface area (Å²) in [7, 11) is 0. The maximum Gasteiger partial charge on any atom is 0.255 e. The van der Waals surface area contributed by atoms with Gasteiger partial charge in [-0.3, -0.25) is 19.5 Å². The average Bonchev–Trinajstić information content (AvgIpc) is 2.69. The van der Waals surface area contributed by atoms with Crippen molar-refractivity contribution in [3.05, 3.63) is 46.0 Å². The number of hydrogen-bond acceptors (Lipinski definition) is 6. The minimum atomic E-state index is -0.0672. The van der Waals surface area contributed by atoms with Crippen LogP contribution in [0.25, 0.3) is 0 Å². The summed E-state index contributed by atoms with van der Waals surface area (Å²) < 4.78 is 0. The Kier molecular flexibility index (Phi) is 5.15. The van der Waals surface area contributed by atoms with Crippen molar-refractivity contribution in [3.63, 3.8) is 0 Å². The van der Waals surface area contributed by atoms with Gasteiger partial charge in [0.15, 0.2) is 0 Å². The number of H-pyrrole nitrogens is 1. The second-order valence-corrected chi connectivity index (χ2v) is 7.05. The number of nitrogens with one attached hydrogen (secondary N) is 2. The molecule has 27 heavy (non-hydrogen) atoms. The Morgan fingerprint density at radius 3 is 2.74 bits per heavy atom. The Hall–Kier alpha value is -2.74. The van der Waals surface area contributed by atoms with E-state index >= 15 is 0 Å². The molecule has 8 nitrogen and oxygen atoms in total. The highest BCUT2D eigenvalue weighted by Crippen LogP contribution is 2.18. The van der Waals surface area contributed by atoms with E-state index in [0.717, 1.165) is 63.1 Å². The molecular weight excluding hydrogens is 344 g/mol. The molecule has 8 heteroatoms. The van der Waals surface area contributed by atoms with Gasteiger partial charge in [-0.2, -0.15) is 0 Å². The quantitative estimate of drug-likeness (QED) is 0.829. The maximum absolute atomic E-state index is 12.3. The van der Waals surface area contributed by atoms with Crippen LogP contribution in [0.4, 0.5) is 11.8 Å². The number of pyridine rings is 1. The summed E-state index contributed by atoms with van der Waals surface area (Å²) in [4.78, 5) is 40.5. The van der Waals surface area contributed by atoms with Gasteiger partial charge < -0.3 is 10.2 Å². The lowest BCUT2D eigenvalue weighted by Gasteiger charge is -2.34. The van der Waals surface area contributed by atoms with E-state index in [9.17, 15) is 9.59 Å². The smallest absolute Gasteiger partial charge is 0.255 e. The lowest BCUT2D eigenvalue weighted by molar-refractivity contribution is -0.117. The van der Waals surface area contributed by atoms with Crippen molar-refractivity contribution in [2.45, 2.75) is 25.7 Å². The number of anilines is 2. The van der Waals surface area contributed by atoms with Gasteiger partial charge in [-0.15, -0.1) is 0 Å². The molecule has 1 amide bonds. The van der Waals surface area contributed by atoms with Gasteiger partial charge >= 0.3 is 0 Å². The number of fused-ring (bicyclic) bond motifs is 1. The average molecular weight is 368 g/mol. The van der Waals surface area contributed by atoms with E-state index in [4.69, 9.17) is 4.98 Å². The van der Waals surface area contributed by atoms with Crippen molar-refractivity contribution < 1.29 is 4.79 Å². The van der Waals surface area contributed by atoms with Gasteiger partial charge in [0.2, 0.25) is 11.9 Å². The largest absolute Gasteiger partial charge is 0.340 e. The van der Waals surface area contributed by atoms with Crippen molar-refractivity contribution >= 4 is 17.7 Å². The van der Waals surface area contributed by atoms with Crippen LogP contribution >= 0.6 is 0 Å². The maximum atomic E-state index is 12.3. The molecule has 2 aliphatic rings. The molecule has 2 N–H and O–H groups in total. The Balaban J connectivity index is 1.33. The van der Waals surface area contributed by atoms with E-state index in [2.05, 4.69) is 25.1 Å². The van der Waals surface area contributed by atoms with Crippen molar-refractivity contribution in [2.75, 3.05) is 42.9 Å². The zero-order chi connectivity index (χ0) is 18.6. The summed E-state index contributed by atoms with van der Waals surface area (Å²) in [5, 5.41) is 2.81. The van der Waals surface area contributed by atoms with Gasteiger partial charge in [-0.25, -0.2) is 9.97 Å². The van der Waals surface area contributed by atoms with Gasteiger partial charge in [-0.1, -0.05) is 6.07 Å². The molecule has 0 spiro atoms. The fraction of sp³-hybridized carbons (Fsp3) is 0.474. The first-order valence-corrected chi connectivity index (χ1v) is 9.49. The van der Waals surface area contributed by atoms with Crippen molar-refractivity contribution in [3.8, 4) is 0 Å². The molecule has 142 valence electrons. The normalized spacial score (nSPS) is 17.4. The second-order valence-electron chi connectivity index (χ2n) is 7.05. The number of hydrogen-bond donors (Lipinski definition) is 2. The predicted molar refractivity (Wildman–Crippen MR) is 103 cm³/mol. The van der Waals surface area contributed by atoms with E-state index in [1.165, 1.54) is 0 Å². The Labute approximate surface area is 157 Å². The molecule has 4 rings (SSSR count). The second kappa shape index (κ2) is 7.87. The molecule has 1 aliphatic carbocycles. The Bertz CT molecular complexity index is 858. The SMILES string of the molecule is O=C(CN1CCN(c2nc3c(c(=O)[nH]2)CCCC3)CC1)Nc1ccccn1. The van der Waals surface area contributed by atoms with Crippen LogP contribution in [0.3, 0.4) is 0 Å². The molecule has 0 saturated carbocycles. The molecular formula is C19H24N6O2. The number of aryl methyl sites for hydroxylation is 1. The van der Waals surface area contributed by atoms with Crippen LogP contribution in [0.2, 0.25) is 0 Å². The van der Waals surface area contributed by atoms with Crippen LogP contribution in [0.15, 0.2) is 29.2 Å². The van der Waals surface area contributed by atoms with Gasteiger partial charge in [0.05, 0.1) is 12.2 Å². The highest BCUT2D eigenvalue weighted by molar-refractivity contribution is 5.91. The monoisotopic (exact) mass is 368 g/mol. The van der Waals surface area contributed by atoms with Crippen LogP contribution < -0.4 is 15.8 Å². The summed E-state index contributed by atoms with van der Waals surface area (Å²) in [6.45, 7) is 3.29. The zero-order valence-corrected chi connectivity index (χ0v) is 15.3. The topological polar surface area (TPSA) is 94.2 Å². The minimum Gasteiger partial charge on any atom is -0.340 e. The lowest BCUT2D eigenvalue weighted by Crippen LogP contribution is -2.49. The number of amides is 1. The number of carbonyl (C=O) groups is 1. The fourth-order valence-corrected chi connectivity index (χ4v) is 3.68. The molecule has 1 saturated heterocycles. The molecule has 0 bridgehead atoms. The van der Waals surface area contributed by atoms with Crippen molar-refractivity contribution in [1.82, 2.24) is 19.9 Å². The van der Waals surface area contributed by atoms with E-state index in [0.29, 0.717) is 18.3 Å². The molecule has 3 heterocycles. The highest BCUT2D eigenvalue weighted by atomic mass is 16.2. The number of piperazine rings is 1. The van der Waals surface area contributed by atoms with Crippen molar-refractivity contribution in [2.24, 2.45) is 0 Å². The minimum absolute atomic E-state index is 0.00636. The number of aromatic nitrogens is 3. The van der Waals surface area contributed by atoms with E-state index < -0.39 is 0 Å². The molecule has 2 aromatic heterocycles. The third kappa shape index (κ3) is 4.16. The van der Waals surface area contributed by atoms with Crippen LogP contribution in [0.1, 0.15) is 24.1 Å². The fourth-order valence-electron chi connectivity index (χ4n) is 3.68. The summed E-state index contributed by atoms with van der Waals surface area (Å²) in [6, 6.07) is 5.43. The molecule has 2 aromatic rings. The zero-order valence-electron chi connectivity index (χ0n) is 15.3. The van der Waals surface area contributed by atoms with Crippen LogP contribution in [0, 0.1) is 0 Å². The molecule has 0 radical (unpaired) electrons. The van der Waals surface area contributed by atoms with Crippen molar-refractivity contribution in [1.29, 1.82) is 0 Å². The molecule has 1 aliphatic heterocycles. The first kappa shape index (κ1) is 17.7. The van der Waals surface area contributed by atoms with Crippen LogP contribution in [0.5, 0.6) is 0 Å². The molecule has 1 fully saturated rings. The predicted octanol–water partition coefficient (Wildman–Crippen LogP) is 0.804.